The lowest BCUT2D eigenvalue weighted by Crippen LogP contribution is -2.30. The van der Waals surface area contributed by atoms with Crippen molar-refractivity contribution in [2.75, 3.05) is 5.75 Å². The smallest absolute Gasteiger partial charge is 0.0581 e. The van der Waals surface area contributed by atoms with Crippen molar-refractivity contribution in [3.63, 3.8) is 0 Å². The topological polar surface area (TPSA) is 55.9 Å². The second-order valence-electron chi connectivity index (χ2n) is 5.18. The average Bonchev–Trinajstić information content (AvgIpc) is 2.66. The van der Waals surface area contributed by atoms with Gasteiger partial charge in [0.1, 0.15) is 0 Å². The highest BCUT2D eigenvalue weighted by Crippen LogP contribution is 2.27. The van der Waals surface area contributed by atoms with Gasteiger partial charge in [-0.05, 0) is 6.42 Å². The van der Waals surface area contributed by atoms with E-state index in [0.717, 1.165) is 24.3 Å². The van der Waals surface area contributed by atoms with E-state index in [0.29, 0.717) is 0 Å². The van der Waals surface area contributed by atoms with Crippen molar-refractivity contribution in [1.82, 2.24) is 15.2 Å². The maximum Gasteiger partial charge on any atom is 0.0581 e. The Balaban J connectivity index is 2.59. The first-order valence-electron chi connectivity index (χ1n) is 6.08. The first-order valence-corrected chi connectivity index (χ1v) is 7.07. The van der Waals surface area contributed by atoms with Crippen LogP contribution < -0.4 is 11.3 Å². The molecular weight excluding hydrogens is 232 g/mol. The molecule has 0 saturated carbocycles. The zero-order valence-corrected chi connectivity index (χ0v) is 12.0. The van der Waals surface area contributed by atoms with E-state index in [2.05, 4.69) is 44.4 Å². The molecule has 0 aliphatic carbocycles. The van der Waals surface area contributed by atoms with Gasteiger partial charge >= 0.3 is 0 Å². The molecule has 4 nitrogen and oxygen atoms in total. The van der Waals surface area contributed by atoms with Crippen molar-refractivity contribution in [3.8, 4) is 0 Å². The van der Waals surface area contributed by atoms with Gasteiger partial charge in [0.05, 0.1) is 12.2 Å². The van der Waals surface area contributed by atoms with Gasteiger partial charge in [0.25, 0.3) is 0 Å². The summed E-state index contributed by atoms with van der Waals surface area (Å²) in [6.07, 6.45) is 5.08. The number of hydrazine groups is 1. The molecule has 0 saturated heterocycles. The monoisotopic (exact) mass is 256 g/mol. The van der Waals surface area contributed by atoms with Gasteiger partial charge in [-0.1, -0.05) is 27.7 Å². The maximum absolute atomic E-state index is 5.62. The van der Waals surface area contributed by atoms with Crippen LogP contribution >= 0.6 is 11.8 Å². The summed E-state index contributed by atoms with van der Waals surface area (Å²) in [5.41, 5.74) is 4.04. The van der Waals surface area contributed by atoms with Gasteiger partial charge in [-0.3, -0.25) is 16.0 Å². The first-order chi connectivity index (χ1) is 7.96. The van der Waals surface area contributed by atoms with E-state index in [1.807, 2.05) is 22.6 Å². The molecule has 1 atom stereocenters. The van der Waals surface area contributed by atoms with Crippen molar-refractivity contribution in [1.29, 1.82) is 0 Å². The van der Waals surface area contributed by atoms with Crippen LogP contribution in [0.2, 0.25) is 0 Å². The molecule has 0 radical (unpaired) electrons. The molecule has 98 valence electrons. The van der Waals surface area contributed by atoms with Gasteiger partial charge in [-0.2, -0.15) is 16.9 Å². The lowest BCUT2D eigenvalue weighted by molar-refractivity contribution is 0.591. The summed E-state index contributed by atoms with van der Waals surface area (Å²) in [6, 6.07) is 0.171. The molecule has 1 unspecified atom stereocenters. The number of thioether (sulfide) groups is 1. The predicted molar refractivity (Wildman–Crippen MR) is 74.8 cm³/mol. The fourth-order valence-corrected chi connectivity index (χ4v) is 2.44. The molecule has 1 rings (SSSR count). The highest BCUT2D eigenvalue weighted by molar-refractivity contribution is 8.00. The molecule has 0 aliphatic heterocycles. The Morgan fingerprint density at radius 2 is 2.24 bits per heavy atom. The number of nitrogens with two attached hydrogens (primary N) is 1. The number of aromatic nitrogens is 2. The summed E-state index contributed by atoms with van der Waals surface area (Å²) >= 11 is 1.90. The average molecular weight is 256 g/mol. The van der Waals surface area contributed by atoms with Gasteiger partial charge < -0.3 is 0 Å². The van der Waals surface area contributed by atoms with E-state index in [4.69, 9.17) is 5.84 Å². The van der Waals surface area contributed by atoms with E-state index in [1.165, 1.54) is 0 Å². The first kappa shape index (κ1) is 14.5. The Bertz CT molecular complexity index is 329. The molecule has 1 aromatic heterocycles. The van der Waals surface area contributed by atoms with Gasteiger partial charge in [-0.15, -0.1) is 0 Å². The van der Waals surface area contributed by atoms with Crippen LogP contribution in [-0.2, 0) is 6.54 Å². The maximum atomic E-state index is 5.62. The molecule has 0 amide bonds. The van der Waals surface area contributed by atoms with Crippen LogP contribution in [0.3, 0.4) is 0 Å². The van der Waals surface area contributed by atoms with Gasteiger partial charge in [-0.25, -0.2) is 0 Å². The minimum absolute atomic E-state index is 0.171. The molecule has 3 N–H and O–H groups in total. The molecule has 0 spiro atoms. The summed E-state index contributed by atoms with van der Waals surface area (Å²) in [7, 11) is 0. The second-order valence-corrected chi connectivity index (χ2v) is 7.03. The van der Waals surface area contributed by atoms with Crippen molar-refractivity contribution in [2.24, 2.45) is 5.84 Å². The summed E-state index contributed by atoms with van der Waals surface area (Å²) in [5, 5.41) is 4.33. The molecule has 5 heteroatoms. The van der Waals surface area contributed by atoms with Gasteiger partial charge in [0.2, 0.25) is 0 Å². The van der Waals surface area contributed by atoms with Crippen LogP contribution in [-0.4, -0.2) is 20.3 Å². The zero-order valence-electron chi connectivity index (χ0n) is 11.2. The Morgan fingerprint density at radius 1 is 1.53 bits per heavy atom. The van der Waals surface area contributed by atoms with Crippen molar-refractivity contribution in [3.05, 3.63) is 18.0 Å². The van der Waals surface area contributed by atoms with E-state index >= 15 is 0 Å². The summed E-state index contributed by atoms with van der Waals surface area (Å²) < 4.78 is 2.23. The molecule has 0 aromatic carbocycles. The number of nitrogens with one attached hydrogen (secondary N) is 1. The molecular formula is C12H24N4S. The predicted octanol–water partition coefficient (Wildman–Crippen LogP) is 2.33. The molecule has 0 fully saturated rings. The Labute approximate surface area is 108 Å². The van der Waals surface area contributed by atoms with Crippen LogP contribution in [0.4, 0.5) is 0 Å². The quantitative estimate of drug-likeness (QED) is 0.606. The normalized spacial score (nSPS) is 13.9. The number of nitrogens with zero attached hydrogens (tertiary/aromatic N) is 2. The number of hydrogen-bond donors (Lipinski definition) is 2. The fourth-order valence-electron chi connectivity index (χ4n) is 1.48. The minimum atomic E-state index is 0.171. The van der Waals surface area contributed by atoms with Crippen LogP contribution in [0.1, 0.15) is 45.7 Å². The third-order valence-corrected chi connectivity index (χ3v) is 3.76. The fraction of sp³-hybridized carbons (Fsp3) is 0.750. The van der Waals surface area contributed by atoms with Crippen molar-refractivity contribution >= 4 is 11.8 Å². The molecule has 0 aliphatic rings. The number of hydrogen-bond acceptors (Lipinski definition) is 4. The molecule has 1 aromatic rings. The zero-order chi connectivity index (χ0) is 12.9. The number of aryl methyl sites for hydroxylation is 1. The third-order valence-electron chi connectivity index (χ3n) is 2.39. The van der Waals surface area contributed by atoms with Gasteiger partial charge in [0, 0.05) is 28.8 Å². The second kappa shape index (κ2) is 6.42. The highest BCUT2D eigenvalue weighted by Gasteiger charge is 2.17. The standard InChI is InChI=1S/C12H24N4S/c1-5-6-16-8-10(7-14-16)11(15-13)9-17-12(2,3)4/h7-8,11,15H,5-6,9,13H2,1-4H3. The van der Waals surface area contributed by atoms with E-state index in [1.54, 1.807) is 0 Å². The highest BCUT2D eigenvalue weighted by atomic mass is 32.2. The molecule has 17 heavy (non-hydrogen) atoms. The van der Waals surface area contributed by atoms with Crippen LogP contribution in [0.25, 0.3) is 0 Å². The molecule has 0 bridgehead atoms. The number of rotatable bonds is 6. The van der Waals surface area contributed by atoms with E-state index in [9.17, 15) is 0 Å². The lowest BCUT2D eigenvalue weighted by atomic mass is 10.2. The largest absolute Gasteiger partial charge is 0.272 e. The third kappa shape index (κ3) is 5.10. The SMILES string of the molecule is CCCn1cc(C(CSC(C)(C)C)NN)cn1. The minimum Gasteiger partial charge on any atom is -0.272 e. The van der Waals surface area contributed by atoms with E-state index in [-0.39, 0.29) is 10.8 Å². The Kier molecular flexibility index (Phi) is 5.49. The summed E-state index contributed by atoms with van der Waals surface area (Å²) in [5.74, 6) is 6.57. The van der Waals surface area contributed by atoms with Crippen LogP contribution in [0.5, 0.6) is 0 Å². The van der Waals surface area contributed by atoms with Gasteiger partial charge in [0.15, 0.2) is 0 Å². The molecule has 1 heterocycles. The Hall–Kier alpha value is -0.520. The lowest BCUT2D eigenvalue weighted by Gasteiger charge is -2.21. The van der Waals surface area contributed by atoms with Crippen LogP contribution in [0, 0.1) is 0 Å². The summed E-state index contributed by atoms with van der Waals surface area (Å²) in [6.45, 7) is 9.75. The Morgan fingerprint density at radius 3 is 2.76 bits per heavy atom. The van der Waals surface area contributed by atoms with Crippen LogP contribution in [0.15, 0.2) is 12.4 Å². The summed E-state index contributed by atoms with van der Waals surface area (Å²) in [4.78, 5) is 0. The van der Waals surface area contributed by atoms with Crippen molar-refractivity contribution < 1.29 is 0 Å². The van der Waals surface area contributed by atoms with E-state index < -0.39 is 0 Å². The van der Waals surface area contributed by atoms with Crippen molar-refractivity contribution in [2.45, 2.75) is 51.4 Å².